The molecule has 2 aromatic carbocycles. The molecule has 102 valence electrons. The van der Waals surface area contributed by atoms with E-state index in [2.05, 4.69) is 21.2 Å². The van der Waals surface area contributed by atoms with Crippen LogP contribution in [-0.4, -0.2) is 18.8 Å². The highest BCUT2D eigenvalue weighted by Crippen LogP contribution is 2.14. The fourth-order valence-electron chi connectivity index (χ4n) is 1.52. The Bertz CT molecular complexity index is 594. The third kappa shape index (κ3) is 4.20. The smallest absolute Gasteiger partial charge is 0.262 e. The van der Waals surface area contributed by atoms with Crippen molar-refractivity contribution in [1.29, 1.82) is 0 Å². The van der Waals surface area contributed by atoms with Gasteiger partial charge >= 0.3 is 0 Å². The van der Waals surface area contributed by atoms with Gasteiger partial charge in [0.25, 0.3) is 5.91 Å². The summed E-state index contributed by atoms with van der Waals surface area (Å²) in [5, 5.41) is 2.72. The summed E-state index contributed by atoms with van der Waals surface area (Å²) in [6.45, 7) is -0.0868. The lowest BCUT2D eigenvalue weighted by Crippen LogP contribution is -2.20. The van der Waals surface area contributed by atoms with Gasteiger partial charge in [0.2, 0.25) is 0 Å². The van der Waals surface area contributed by atoms with E-state index < -0.39 is 0 Å². The van der Waals surface area contributed by atoms with E-state index in [1.807, 2.05) is 12.1 Å². The summed E-state index contributed by atoms with van der Waals surface area (Å²) in [5.41, 5.74) is 1.27. The van der Waals surface area contributed by atoms with Gasteiger partial charge in [0.15, 0.2) is 6.61 Å². The lowest BCUT2D eigenvalue weighted by Gasteiger charge is -2.07. The molecule has 0 heterocycles. The van der Waals surface area contributed by atoms with Gasteiger partial charge < -0.3 is 10.1 Å². The van der Waals surface area contributed by atoms with Crippen molar-refractivity contribution in [2.24, 2.45) is 0 Å². The topological polar surface area (TPSA) is 55.4 Å². The third-order valence-electron chi connectivity index (χ3n) is 2.51. The molecule has 1 N–H and O–H groups in total. The first-order valence-corrected chi connectivity index (χ1v) is 6.70. The Morgan fingerprint density at radius 3 is 2.35 bits per heavy atom. The molecule has 0 spiro atoms. The van der Waals surface area contributed by atoms with Gasteiger partial charge in [-0.05, 0) is 48.5 Å². The molecular formula is C15H12BrNO3. The van der Waals surface area contributed by atoms with Crippen molar-refractivity contribution in [3.8, 4) is 5.75 Å². The Labute approximate surface area is 124 Å². The van der Waals surface area contributed by atoms with Crippen molar-refractivity contribution in [2.75, 3.05) is 11.9 Å². The first-order chi connectivity index (χ1) is 9.67. The van der Waals surface area contributed by atoms with E-state index in [0.29, 0.717) is 17.0 Å². The number of carbonyl (C=O) groups excluding carboxylic acids is 2. The Kier molecular flexibility index (Phi) is 4.90. The van der Waals surface area contributed by atoms with Crippen LogP contribution in [-0.2, 0) is 4.79 Å². The van der Waals surface area contributed by atoms with E-state index in [1.54, 1.807) is 36.4 Å². The summed E-state index contributed by atoms with van der Waals surface area (Å²) in [6, 6.07) is 13.8. The molecule has 0 atom stereocenters. The maximum Gasteiger partial charge on any atom is 0.262 e. The van der Waals surface area contributed by atoms with Crippen molar-refractivity contribution in [2.45, 2.75) is 0 Å². The zero-order valence-electron chi connectivity index (χ0n) is 10.5. The normalized spacial score (nSPS) is 9.85. The van der Waals surface area contributed by atoms with Crippen molar-refractivity contribution in [1.82, 2.24) is 0 Å². The largest absolute Gasteiger partial charge is 0.484 e. The van der Waals surface area contributed by atoms with Gasteiger partial charge in [0, 0.05) is 15.7 Å². The molecule has 2 rings (SSSR count). The molecule has 20 heavy (non-hydrogen) atoms. The van der Waals surface area contributed by atoms with Gasteiger partial charge in [-0.15, -0.1) is 0 Å². The van der Waals surface area contributed by atoms with Crippen LogP contribution in [0, 0.1) is 0 Å². The average Bonchev–Trinajstić information content (AvgIpc) is 2.48. The van der Waals surface area contributed by atoms with E-state index in [0.717, 1.165) is 10.8 Å². The molecule has 5 heteroatoms. The van der Waals surface area contributed by atoms with E-state index in [9.17, 15) is 9.59 Å². The second kappa shape index (κ2) is 6.86. The van der Waals surface area contributed by atoms with Gasteiger partial charge in [0.05, 0.1) is 0 Å². The molecular weight excluding hydrogens is 322 g/mol. The third-order valence-corrected chi connectivity index (χ3v) is 3.04. The number of hydrogen-bond donors (Lipinski definition) is 1. The summed E-state index contributed by atoms with van der Waals surface area (Å²) in [4.78, 5) is 22.2. The summed E-state index contributed by atoms with van der Waals surface area (Å²) in [5.74, 6) is 0.299. The minimum atomic E-state index is -0.244. The van der Waals surface area contributed by atoms with Gasteiger partial charge in [-0.2, -0.15) is 0 Å². The number of nitrogens with one attached hydrogen (secondary N) is 1. The number of carbonyl (C=O) groups is 2. The Morgan fingerprint density at radius 2 is 1.75 bits per heavy atom. The van der Waals surface area contributed by atoms with Crippen LogP contribution in [0.15, 0.2) is 53.0 Å². The van der Waals surface area contributed by atoms with Crippen LogP contribution in [0.4, 0.5) is 5.69 Å². The monoisotopic (exact) mass is 333 g/mol. The fourth-order valence-corrected chi connectivity index (χ4v) is 1.79. The van der Waals surface area contributed by atoms with E-state index in [1.165, 1.54) is 0 Å². The molecule has 0 saturated heterocycles. The van der Waals surface area contributed by atoms with Crippen molar-refractivity contribution < 1.29 is 14.3 Å². The molecule has 1 amide bonds. The Balaban J connectivity index is 1.85. The minimum Gasteiger partial charge on any atom is -0.484 e. The molecule has 0 saturated carbocycles. The number of hydrogen-bond acceptors (Lipinski definition) is 3. The first-order valence-electron chi connectivity index (χ1n) is 5.91. The number of anilines is 1. The molecule has 0 unspecified atom stereocenters. The maximum absolute atomic E-state index is 11.7. The van der Waals surface area contributed by atoms with Gasteiger partial charge in [-0.1, -0.05) is 15.9 Å². The van der Waals surface area contributed by atoms with Crippen LogP contribution < -0.4 is 10.1 Å². The molecule has 4 nitrogen and oxygen atoms in total. The van der Waals surface area contributed by atoms with Crippen molar-refractivity contribution in [3.05, 3.63) is 58.6 Å². The molecule has 0 fully saturated rings. The lowest BCUT2D eigenvalue weighted by molar-refractivity contribution is -0.118. The minimum absolute atomic E-state index is 0.0868. The van der Waals surface area contributed by atoms with Crippen LogP contribution >= 0.6 is 15.9 Å². The predicted octanol–water partition coefficient (Wildman–Crippen LogP) is 3.28. The molecule has 2 aromatic rings. The number of amides is 1. The summed E-state index contributed by atoms with van der Waals surface area (Å²) in [7, 11) is 0. The second-order valence-electron chi connectivity index (χ2n) is 4.03. The Morgan fingerprint density at radius 1 is 1.10 bits per heavy atom. The highest BCUT2D eigenvalue weighted by Gasteiger charge is 2.03. The van der Waals surface area contributed by atoms with Crippen molar-refractivity contribution >= 4 is 33.8 Å². The zero-order chi connectivity index (χ0) is 14.4. The maximum atomic E-state index is 11.7. The van der Waals surface area contributed by atoms with E-state index in [-0.39, 0.29) is 12.5 Å². The molecule has 0 aliphatic carbocycles. The van der Waals surface area contributed by atoms with Crippen LogP contribution in [0.3, 0.4) is 0 Å². The molecule has 0 radical (unpaired) electrons. The molecule has 0 aliphatic heterocycles. The zero-order valence-corrected chi connectivity index (χ0v) is 12.1. The van der Waals surface area contributed by atoms with Gasteiger partial charge in [-0.25, -0.2) is 0 Å². The molecule has 0 bridgehead atoms. The quantitative estimate of drug-likeness (QED) is 0.854. The summed E-state index contributed by atoms with van der Waals surface area (Å²) in [6.07, 6.45) is 0.754. The lowest BCUT2D eigenvalue weighted by atomic mass is 10.2. The summed E-state index contributed by atoms with van der Waals surface area (Å²) >= 11 is 3.32. The number of ether oxygens (including phenoxy) is 1. The van der Waals surface area contributed by atoms with Crippen LogP contribution in [0.5, 0.6) is 5.75 Å². The number of rotatable bonds is 5. The van der Waals surface area contributed by atoms with Crippen LogP contribution in [0.1, 0.15) is 10.4 Å². The Hall–Kier alpha value is -2.14. The number of halogens is 1. The highest BCUT2D eigenvalue weighted by molar-refractivity contribution is 9.10. The van der Waals surface area contributed by atoms with Crippen LogP contribution in [0.25, 0.3) is 0 Å². The highest BCUT2D eigenvalue weighted by atomic mass is 79.9. The van der Waals surface area contributed by atoms with Crippen molar-refractivity contribution in [3.63, 3.8) is 0 Å². The standard InChI is InChI=1S/C15H12BrNO3/c16-12-3-5-13(6-4-12)17-15(19)10-20-14-7-1-11(9-18)2-8-14/h1-9H,10H2,(H,17,19). The predicted molar refractivity (Wildman–Crippen MR) is 80.1 cm³/mol. The second-order valence-corrected chi connectivity index (χ2v) is 4.95. The van der Waals surface area contributed by atoms with E-state index in [4.69, 9.17) is 4.74 Å². The molecule has 0 aliphatic rings. The van der Waals surface area contributed by atoms with E-state index >= 15 is 0 Å². The number of benzene rings is 2. The first kappa shape index (κ1) is 14.3. The SMILES string of the molecule is O=Cc1ccc(OCC(=O)Nc2ccc(Br)cc2)cc1. The van der Waals surface area contributed by atoms with Gasteiger partial charge in [0.1, 0.15) is 12.0 Å². The average molecular weight is 334 g/mol. The number of aldehydes is 1. The molecule has 0 aromatic heterocycles. The fraction of sp³-hybridized carbons (Fsp3) is 0.0667. The van der Waals surface area contributed by atoms with Crippen LogP contribution in [0.2, 0.25) is 0 Å². The summed E-state index contributed by atoms with van der Waals surface area (Å²) < 4.78 is 6.27. The van der Waals surface area contributed by atoms with Gasteiger partial charge in [-0.3, -0.25) is 9.59 Å².